The maximum Gasteiger partial charge on any atom is 0.308 e. The van der Waals surface area contributed by atoms with Crippen LogP contribution in [-0.4, -0.2) is 25.8 Å². The zero-order chi connectivity index (χ0) is 9.40. The van der Waals surface area contributed by atoms with E-state index in [1.54, 1.807) is 6.92 Å². The van der Waals surface area contributed by atoms with Gasteiger partial charge in [0.25, 0.3) is 0 Å². The lowest BCUT2D eigenvalue weighted by Gasteiger charge is -2.09. The van der Waals surface area contributed by atoms with Crippen LogP contribution in [0.15, 0.2) is 0 Å². The van der Waals surface area contributed by atoms with E-state index >= 15 is 0 Å². The Balaban J connectivity index is 3.70. The molecule has 0 aliphatic rings. The molecule has 0 aromatic rings. The molecule has 0 N–H and O–H groups in total. The summed E-state index contributed by atoms with van der Waals surface area (Å²) < 4.78 is 9.58. The van der Waals surface area contributed by atoms with Crippen LogP contribution in [0.3, 0.4) is 0 Å². The summed E-state index contributed by atoms with van der Waals surface area (Å²) in [7, 11) is 1.47. The smallest absolute Gasteiger partial charge is 0.308 e. The third-order valence-electron chi connectivity index (χ3n) is 1.35. The van der Waals surface area contributed by atoms with Crippen molar-refractivity contribution in [2.75, 3.05) is 13.7 Å². The van der Waals surface area contributed by atoms with E-state index in [1.807, 2.05) is 6.07 Å². The Hall–Kier alpha value is -1.08. The Morgan fingerprint density at radius 1 is 1.67 bits per heavy atom. The van der Waals surface area contributed by atoms with Gasteiger partial charge in [0.05, 0.1) is 31.6 Å². The van der Waals surface area contributed by atoms with Crippen LogP contribution in [0.5, 0.6) is 0 Å². The summed E-state index contributed by atoms with van der Waals surface area (Å²) in [5.41, 5.74) is 0. The maximum atomic E-state index is 10.9. The van der Waals surface area contributed by atoms with E-state index in [1.165, 1.54) is 7.11 Å². The van der Waals surface area contributed by atoms with Crippen molar-refractivity contribution < 1.29 is 14.3 Å². The van der Waals surface area contributed by atoms with Crippen LogP contribution in [0.1, 0.15) is 19.8 Å². The summed E-state index contributed by atoms with van der Waals surface area (Å²) in [6, 6.07) is 1.93. The minimum absolute atomic E-state index is 0.151. The molecule has 68 valence electrons. The highest BCUT2D eigenvalue weighted by Crippen LogP contribution is 2.02. The first-order valence-corrected chi connectivity index (χ1v) is 3.80. The molecule has 4 nitrogen and oxygen atoms in total. The molecule has 0 spiro atoms. The van der Waals surface area contributed by atoms with Crippen LogP contribution in [0.2, 0.25) is 0 Å². The van der Waals surface area contributed by atoms with Gasteiger partial charge in [0.1, 0.15) is 0 Å². The first-order valence-electron chi connectivity index (χ1n) is 3.80. The Bertz CT molecular complexity index is 174. The zero-order valence-electron chi connectivity index (χ0n) is 7.37. The summed E-state index contributed by atoms with van der Waals surface area (Å²) in [5.74, 6) is -0.320. The number of methoxy groups -OCH3 is 1. The third kappa shape index (κ3) is 4.69. The van der Waals surface area contributed by atoms with Gasteiger partial charge in [-0.15, -0.1) is 0 Å². The first kappa shape index (κ1) is 10.9. The van der Waals surface area contributed by atoms with Crippen molar-refractivity contribution in [3.05, 3.63) is 0 Å². The second kappa shape index (κ2) is 6.62. The van der Waals surface area contributed by atoms with Gasteiger partial charge in [0.15, 0.2) is 0 Å². The molecular weight excluding hydrogens is 158 g/mol. The van der Waals surface area contributed by atoms with Gasteiger partial charge in [0.2, 0.25) is 0 Å². The molecule has 0 aromatic heterocycles. The van der Waals surface area contributed by atoms with Gasteiger partial charge in [-0.1, -0.05) is 0 Å². The molecule has 0 rings (SSSR count). The van der Waals surface area contributed by atoms with E-state index in [9.17, 15) is 4.79 Å². The predicted octanol–water partition coefficient (Wildman–Crippen LogP) is 0.868. The van der Waals surface area contributed by atoms with Gasteiger partial charge < -0.3 is 9.47 Å². The van der Waals surface area contributed by atoms with Crippen LogP contribution in [-0.2, 0) is 14.3 Å². The second-order valence-corrected chi connectivity index (χ2v) is 2.23. The molecule has 12 heavy (non-hydrogen) atoms. The molecule has 1 atom stereocenters. The molecule has 0 heterocycles. The SMILES string of the molecule is CCOC(=O)CC(CC#N)OC. The summed E-state index contributed by atoms with van der Waals surface area (Å²) >= 11 is 0. The molecule has 0 amide bonds. The highest BCUT2D eigenvalue weighted by Gasteiger charge is 2.12. The average molecular weight is 171 g/mol. The molecule has 0 fully saturated rings. The molecule has 0 saturated carbocycles. The fourth-order valence-electron chi connectivity index (χ4n) is 0.746. The van der Waals surface area contributed by atoms with E-state index < -0.39 is 0 Å². The molecule has 0 saturated heterocycles. The highest BCUT2D eigenvalue weighted by atomic mass is 16.5. The Morgan fingerprint density at radius 3 is 2.75 bits per heavy atom. The predicted molar refractivity (Wildman–Crippen MR) is 42.3 cm³/mol. The van der Waals surface area contributed by atoms with Crippen LogP contribution < -0.4 is 0 Å². The number of hydrogen-bond donors (Lipinski definition) is 0. The van der Waals surface area contributed by atoms with Gasteiger partial charge in [-0.25, -0.2) is 0 Å². The number of hydrogen-bond acceptors (Lipinski definition) is 4. The molecule has 0 radical (unpaired) electrons. The third-order valence-corrected chi connectivity index (χ3v) is 1.35. The Kier molecular flexibility index (Phi) is 6.02. The van der Waals surface area contributed by atoms with Gasteiger partial charge in [-0.05, 0) is 6.92 Å². The van der Waals surface area contributed by atoms with Crippen molar-refractivity contribution in [3.63, 3.8) is 0 Å². The van der Waals surface area contributed by atoms with Crippen molar-refractivity contribution in [2.45, 2.75) is 25.9 Å². The molecule has 0 aliphatic heterocycles. The lowest BCUT2D eigenvalue weighted by Crippen LogP contribution is -2.17. The Labute approximate surface area is 72.1 Å². The number of rotatable bonds is 5. The van der Waals surface area contributed by atoms with Gasteiger partial charge >= 0.3 is 5.97 Å². The number of esters is 1. The largest absolute Gasteiger partial charge is 0.466 e. The van der Waals surface area contributed by atoms with Crippen LogP contribution in [0.4, 0.5) is 0 Å². The molecular formula is C8H13NO3. The van der Waals surface area contributed by atoms with E-state index in [0.717, 1.165) is 0 Å². The minimum Gasteiger partial charge on any atom is -0.466 e. The van der Waals surface area contributed by atoms with E-state index in [4.69, 9.17) is 14.7 Å². The average Bonchev–Trinajstić information content (AvgIpc) is 2.04. The minimum atomic E-state index is -0.339. The van der Waals surface area contributed by atoms with Gasteiger partial charge in [-0.3, -0.25) is 4.79 Å². The topological polar surface area (TPSA) is 59.3 Å². The lowest BCUT2D eigenvalue weighted by atomic mass is 10.2. The molecule has 1 unspecified atom stereocenters. The summed E-state index contributed by atoms with van der Waals surface area (Å²) in [5, 5.41) is 8.33. The summed E-state index contributed by atoms with van der Waals surface area (Å²) in [4.78, 5) is 10.9. The molecule has 4 heteroatoms. The van der Waals surface area contributed by atoms with Crippen molar-refractivity contribution >= 4 is 5.97 Å². The lowest BCUT2D eigenvalue weighted by molar-refractivity contribution is -0.145. The number of carbonyl (C=O) groups excluding carboxylic acids is 1. The van der Waals surface area contributed by atoms with Crippen molar-refractivity contribution in [3.8, 4) is 6.07 Å². The van der Waals surface area contributed by atoms with Gasteiger partial charge in [-0.2, -0.15) is 5.26 Å². The fourth-order valence-corrected chi connectivity index (χ4v) is 0.746. The summed E-state index contributed by atoms with van der Waals surface area (Å²) in [6.45, 7) is 2.10. The molecule has 0 bridgehead atoms. The zero-order valence-corrected chi connectivity index (χ0v) is 7.37. The Morgan fingerprint density at radius 2 is 2.33 bits per heavy atom. The maximum absolute atomic E-state index is 10.9. The van der Waals surface area contributed by atoms with Gasteiger partial charge in [0, 0.05) is 7.11 Å². The highest BCUT2D eigenvalue weighted by molar-refractivity contribution is 5.69. The van der Waals surface area contributed by atoms with Crippen LogP contribution >= 0.6 is 0 Å². The molecule has 0 aliphatic carbocycles. The number of nitriles is 1. The number of ether oxygens (including phenoxy) is 2. The number of carbonyl (C=O) groups is 1. The normalized spacial score (nSPS) is 11.8. The van der Waals surface area contributed by atoms with E-state index in [2.05, 4.69) is 0 Å². The number of nitrogens with zero attached hydrogens (tertiary/aromatic N) is 1. The fraction of sp³-hybridized carbons (Fsp3) is 0.750. The van der Waals surface area contributed by atoms with Crippen molar-refractivity contribution in [2.24, 2.45) is 0 Å². The van der Waals surface area contributed by atoms with E-state index in [-0.39, 0.29) is 24.9 Å². The standard InChI is InChI=1S/C8H13NO3/c1-3-12-8(10)6-7(11-2)4-5-9/h7H,3-4,6H2,1-2H3. The monoisotopic (exact) mass is 171 g/mol. The van der Waals surface area contributed by atoms with Crippen molar-refractivity contribution in [1.82, 2.24) is 0 Å². The van der Waals surface area contributed by atoms with Crippen LogP contribution in [0, 0.1) is 11.3 Å². The van der Waals surface area contributed by atoms with Crippen LogP contribution in [0.25, 0.3) is 0 Å². The van der Waals surface area contributed by atoms with E-state index in [0.29, 0.717) is 6.61 Å². The first-order chi connectivity index (χ1) is 5.74. The quantitative estimate of drug-likeness (QED) is 0.576. The second-order valence-electron chi connectivity index (χ2n) is 2.23. The van der Waals surface area contributed by atoms with Crippen molar-refractivity contribution in [1.29, 1.82) is 5.26 Å². The molecule has 0 aromatic carbocycles. The summed E-state index contributed by atoms with van der Waals surface area (Å²) in [6.07, 6.45) is 0.0294.